The third-order valence-corrected chi connectivity index (χ3v) is 2.99. The molecule has 0 aliphatic carbocycles. The summed E-state index contributed by atoms with van der Waals surface area (Å²) in [5.41, 5.74) is 0. The van der Waals surface area contributed by atoms with E-state index in [-0.39, 0.29) is 30.9 Å². The minimum absolute atomic E-state index is 0.00158. The normalized spacial score (nSPS) is 14.8. The first-order valence-electron chi connectivity index (χ1n) is 6.62. The highest BCUT2D eigenvalue weighted by molar-refractivity contribution is 5.90. The van der Waals surface area contributed by atoms with Crippen molar-refractivity contribution in [3.63, 3.8) is 0 Å². The maximum Gasteiger partial charge on any atom is 0.248 e. The number of carbonyl (C=O) groups is 3. The summed E-state index contributed by atoms with van der Waals surface area (Å²) in [6.45, 7) is 7.62. The predicted octanol–water partition coefficient (Wildman–Crippen LogP) is -1.00. The first-order valence-corrected chi connectivity index (χ1v) is 6.62. The number of carbonyl (C=O) groups excluding carboxylic acids is 3. The Morgan fingerprint density at radius 2 is 2.30 bits per heavy atom. The molecule has 0 spiro atoms. The van der Waals surface area contributed by atoms with Gasteiger partial charge in [-0.05, 0) is 13.0 Å². The van der Waals surface area contributed by atoms with Gasteiger partial charge in [0.15, 0.2) is 0 Å². The Hall–Kier alpha value is -1.89. The number of amides is 3. The van der Waals surface area contributed by atoms with Crippen LogP contribution < -0.4 is 5.32 Å². The molecular formula is C13H21N3O4. The van der Waals surface area contributed by atoms with E-state index in [1.807, 2.05) is 0 Å². The van der Waals surface area contributed by atoms with Crippen LogP contribution in [0, 0.1) is 0 Å². The van der Waals surface area contributed by atoms with Crippen molar-refractivity contribution < 1.29 is 19.1 Å². The minimum Gasteiger partial charge on any atom is -0.370 e. The highest BCUT2D eigenvalue weighted by Gasteiger charge is 2.18. The molecule has 0 saturated carbocycles. The van der Waals surface area contributed by atoms with Gasteiger partial charge >= 0.3 is 0 Å². The second kappa shape index (κ2) is 8.31. The SMILES string of the molecule is C=CC(=O)N(CC)CC(=O)NCCN1CCOCC1=O. The van der Waals surface area contributed by atoms with Crippen LogP contribution in [0.1, 0.15) is 6.92 Å². The molecule has 0 aromatic carbocycles. The van der Waals surface area contributed by atoms with Crippen molar-refractivity contribution in [3.05, 3.63) is 12.7 Å². The Kier molecular flexibility index (Phi) is 6.72. The molecule has 1 saturated heterocycles. The molecule has 7 heteroatoms. The summed E-state index contributed by atoms with van der Waals surface area (Å²) in [6, 6.07) is 0. The fourth-order valence-electron chi connectivity index (χ4n) is 1.82. The number of nitrogens with one attached hydrogen (secondary N) is 1. The summed E-state index contributed by atoms with van der Waals surface area (Å²) >= 11 is 0. The summed E-state index contributed by atoms with van der Waals surface area (Å²) in [7, 11) is 0. The Balaban J connectivity index is 2.27. The molecule has 1 heterocycles. The molecule has 0 atom stereocenters. The quantitative estimate of drug-likeness (QED) is 0.608. The van der Waals surface area contributed by atoms with E-state index >= 15 is 0 Å². The van der Waals surface area contributed by atoms with Crippen molar-refractivity contribution >= 4 is 17.7 Å². The van der Waals surface area contributed by atoms with Crippen molar-refractivity contribution in [1.29, 1.82) is 0 Å². The molecule has 0 aromatic rings. The molecule has 1 N–H and O–H groups in total. The molecule has 112 valence electrons. The molecule has 0 radical (unpaired) electrons. The largest absolute Gasteiger partial charge is 0.370 e. The third kappa shape index (κ3) is 5.00. The van der Waals surface area contributed by atoms with E-state index in [1.165, 1.54) is 11.0 Å². The first-order chi connectivity index (χ1) is 9.58. The summed E-state index contributed by atoms with van der Waals surface area (Å²) in [6.07, 6.45) is 1.18. The van der Waals surface area contributed by atoms with Crippen LogP contribution >= 0.6 is 0 Å². The van der Waals surface area contributed by atoms with Gasteiger partial charge in [-0.15, -0.1) is 0 Å². The van der Waals surface area contributed by atoms with Crippen LogP contribution in [0.15, 0.2) is 12.7 Å². The molecule has 1 fully saturated rings. The van der Waals surface area contributed by atoms with Crippen LogP contribution in [-0.4, -0.2) is 73.5 Å². The second-order valence-corrected chi connectivity index (χ2v) is 4.34. The lowest BCUT2D eigenvalue weighted by Crippen LogP contribution is -2.46. The molecule has 0 unspecified atom stereocenters. The maximum atomic E-state index is 11.7. The number of hydrogen-bond donors (Lipinski definition) is 1. The summed E-state index contributed by atoms with van der Waals surface area (Å²) in [5, 5.41) is 2.69. The van der Waals surface area contributed by atoms with Crippen LogP contribution in [0.5, 0.6) is 0 Å². The summed E-state index contributed by atoms with van der Waals surface area (Å²) in [4.78, 5) is 37.6. The Morgan fingerprint density at radius 1 is 1.55 bits per heavy atom. The van der Waals surface area contributed by atoms with Crippen LogP contribution in [0.3, 0.4) is 0 Å². The van der Waals surface area contributed by atoms with E-state index in [0.717, 1.165) is 0 Å². The van der Waals surface area contributed by atoms with Gasteiger partial charge in [0.1, 0.15) is 6.61 Å². The number of hydrogen-bond acceptors (Lipinski definition) is 4. The van der Waals surface area contributed by atoms with Gasteiger partial charge in [-0.25, -0.2) is 0 Å². The fourth-order valence-corrected chi connectivity index (χ4v) is 1.82. The van der Waals surface area contributed by atoms with Crippen molar-refractivity contribution in [2.45, 2.75) is 6.92 Å². The van der Waals surface area contributed by atoms with E-state index in [0.29, 0.717) is 32.8 Å². The third-order valence-electron chi connectivity index (χ3n) is 2.99. The number of morpholine rings is 1. The van der Waals surface area contributed by atoms with Crippen molar-refractivity contribution in [2.24, 2.45) is 0 Å². The second-order valence-electron chi connectivity index (χ2n) is 4.34. The van der Waals surface area contributed by atoms with E-state index in [4.69, 9.17) is 4.74 Å². The standard InChI is InChI=1S/C13H21N3O4/c1-3-12(18)15(4-2)9-11(17)14-5-6-16-7-8-20-10-13(16)19/h3H,1,4-10H2,2H3,(H,14,17). The van der Waals surface area contributed by atoms with Gasteiger partial charge in [0.05, 0.1) is 13.2 Å². The van der Waals surface area contributed by atoms with Crippen LogP contribution in [0.4, 0.5) is 0 Å². The van der Waals surface area contributed by atoms with Crippen molar-refractivity contribution in [3.8, 4) is 0 Å². The topological polar surface area (TPSA) is 79.0 Å². The zero-order valence-electron chi connectivity index (χ0n) is 11.8. The molecule has 0 bridgehead atoms. The number of rotatable bonds is 7. The molecule has 3 amide bonds. The molecule has 20 heavy (non-hydrogen) atoms. The van der Waals surface area contributed by atoms with Crippen LogP contribution in [0.2, 0.25) is 0 Å². The molecular weight excluding hydrogens is 262 g/mol. The van der Waals surface area contributed by atoms with E-state index < -0.39 is 0 Å². The lowest BCUT2D eigenvalue weighted by Gasteiger charge is -2.27. The van der Waals surface area contributed by atoms with Gasteiger partial charge in [-0.2, -0.15) is 0 Å². The van der Waals surface area contributed by atoms with E-state index in [2.05, 4.69) is 11.9 Å². The molecule has 1 aliphatic rings. The van der Waals surface area contributed by atoms with E-state index in [9.17, 15) is 14.4 Å². The fraction of sp³-hybridized carbons (Fsp3) is 0.615. The highest BCUT2D eigenvalue weighted by Crippen LogP contribution is 1.97. The molecule has 1 aliphatic heterocycles. The van der Waals surface area contributed by atoms with Gasteiger partial charge in [0.2, 0.25) is 17.7 Å². The molecule has 0 aromatic heterocycles. The summed E-state index contributed by atoms with van der Waals surface area (Å²) < 4.78 is 5.01. The maximum absolute atomic E-state index is 11.7. The summed E-state index contributed by atoms with van der Waals surface area (Å²) in [5.74, 6) is -0.587. The van der Waals surface area contributed by atoms with Gasteiger partial charge in [-0.3, -0.25) is 14.4 Å². The molecule has 7 nitrogen and oxygen atoms in total. The first kappa shape index (κ1) is 16.2. The number of ether oxygens (including phenoxy) is 1. The Morgan fingerprint density at radius 3 is 2.90 bits per heavy atom. The number of nitrogens with zero attached hydrogens (tertiary/aromatic N) is 2. The van der Waals surface area contributed by atoms with Crippen molar-refractivity contribution in [1.82, 2.24) is 15.1 Å². The zero-order chi connectivity index (χ0) is 15.0. The Bertz CT molecular complexity index is 384. The van der Waals surface area contributed by atoms with Gasteiger partial charge in [0, 0.05) is 26.2 Å². The van der Waals surface area contributed by atoms with Gasteiger partial charge in [0.25, 0.3) is 0 Å². The van der Waals surface area contributed by atoms with Gasteiger partial charge in [-0.1, -0.05) is 6.58 Å². The Labute approximate surface area is 118 Å². The minimum atomic E-state index is -0.272. The number of likely N-dealkylation sites (N-methyl/N-ethyl adjacent to an activating group) is 1. The zero-order valence-corrected chi connectivity index (χ0v) is 11.8. The molecule has 1 rings (SSSR count). The average Bonchev–Trinajstić information content (AvgIpc) is 2.46. The van der Waals surface area contributed by atoms with Crippen LogP contribution in [0.25, 0.3) is 0 Å². The lowest BCUT2D eigenvalue weighted by atomic mass is 10.4. The average molecular weight is 283 g/mol. The highest BCUT2D eigenvalue weighted by atomic mass is 16.5. The monoisotopic (exact) mass is 283 g/mol. The predicted molar refractivity (Wildman–Crippen MR) is 72.9 cm³/mol. The van der Waals surface area contributed by atoms with Gasteiger partial charge < -0.3 is 19.9 Å². The van der Waals surface area contributed by atoms with Crippen LogP contribution in [-0.2, 0) is 19.1 Å². The van der Waals surface area contributed by atoms with E-state index in [1.54, 1.807) is 11.8 Å². The smallest absolute Gasteiger partial charge is 0.248 e. The van der Waals surface area contributed by atoms with Crippen molar-refractivity contribution in [2.75, 3.05) is 45.9 Å². The lowest BCUT2D eigenvalue weighted by molar-refractivity contribution is -0.142.